The van der Waals surface area contributed by atoms with Gasteiger partial charge in [-0.2, -0.15) is 0 Å². The fourth-order valence-corrected chi connectivity index (χ4v) is 4.39. The lowest BCUT2D eigenvalue weighted by Crippen LogP contribution is -2.48. The number of benzene rings is 2. The molecule has 4 rings (SSSR count). The molecule has 2 aromatic carbocycles. The highest BCUT2D eigenvalue weighted by atomic mass is 35.5. The van der Waals surface area contributed by atoms with Crippen LogP contribution in [0.5, 0.6) is 0 Å². The van der Waals surface area contributed by atoms with Crippen LogP contribution in [-0.4, -0.2) is 34.4 Å². The molecule has 0 bridgehead atoms. The first-order valence-electron chi connectivity index (χ1n) is 10.4. The van der Waals surface area contributed by atoms with Crippen LogP contribution < -0.4 is 5.32 Å². The van der Waals surface area contributed by atoms with Crippen molar-refractivity contribution in [1.82, 2.24) is 4.90 Å². The second-order valence-electron chi connectivity index (χ2n) is 9.24. The maximum absolute atomic E-state index is 6.00. The van der Waals surface area contributed by atoms with Gasteiger partial charge < -0.3 is 15.1 Å². The summed E-state index contributed by atoms with van der Waals surface area (Å²) >= 11 is 11.7. The minimum Gasteiger partial charge on any atom is -0.388 e. The number of hydrogen-bond donors (Lipinski definition) is 1. The van der Waals surface area contributed by atoms with Gasteiger partial charge in [-0.3, -0.25) is 0 Å². The van der Waals surface area contributed by atoms with Crippen LogP contribution in [0.15, 0.2) is 53.7 Å². The molecule has 0 amide bonds. The van der Waals surface area contributed by atoms with Gasteiger partial charge in [0, 0.05) is 43.1 Å². The van der Waals surface area contributed by atoms with Crippen molar-refractivity contribution < 1.29 is 4.84 Å². The van der Waals surface area contributed by atoms with Gasteiger partial charge in [-0.05, 0) is 53.0 Å². The standard InChI is InChI=1S/C24H28ClN3OS/c1-23(2,3)18-6-10-20(11-7-18)26-22(30)28-14-12-24(13-15-28)16-21(27-29-24)17-4-8-19(25)9-5-17/h4-11H,12-16H2,1-3H3,(H,26,30). The summed E-state index contributed by atoms with van der Waals surface area (Å²) in [7, 11) is 0. The summed E-state index contributed by atoms with van der Waals surface area (Å²) in [6.07, 6.45) is 2.63. The number of oxime groups is 1. The predicted molar refractivity (Wildman–Crippen MR) is 129 cm³/mol. The Bertz CT molecular complexity index is 940. The van der Waals surface area contributed by atoms with Gasteiger partial charge in [0.15, 0.2) is 5.11 Å². The van der Waals surface area contributed by atoms with E-state index in [1.807, 2.05) is 24.3 Å². The van der Waals surface area contributed by atoms with Gasteiger partial charge in [-0.1, -0.05) is 61.8 Å². The molecule has 158 valence electrons. The first kappa shape index (κ1) is 21.1. The average Bonchev–Trinajstić information content (AvgIpc) is 3.12. The van der Waals surface area contributed by atoms with Crippen molar-refractivity contribution in [2.24, 2.45) is 5.16 Å². The topological polar surface area (TPSA) is 36.9 Å². The van der Waals surface area contributed by atoms with Gasteiger partial charge in [0.25, 0.3) is 0 Å². The number of halogens is 1. The van der Waals surface area contributed by atoms with Crippen LogP contribution in [0.4, 0.5) is 5.69 Å². The molecule has 2 aromatic rings. The van der Waals surface area contributed by atoms with Gasteiger partial charge in [0.1, 0.15) is 5.60 Å². The average molecular weight is 442 g/mol. The quantitative estimate of drug-likeness (QED) is 0.580. The molecular weight excluding hydrogens is 414 g/mol. The third-order valence-corrected chi connectivity index (χ3v) is 6.59. The number of nitrogens with zero attached hydrogens (tertiary/aromatic N) is 2. The second-order valence-corrected chi connectivity index (χ2v) is 10.1. The van der Waals surface area contributed by atoms with Crippen LogP contribution in [0.25, 0.3) is 0 Å². The minimum absolute atomic E-state index is 0.147. The van der Waals surface area contributed by atoms with Crippen LogP contribution in [0.3, 0.4) is 0 Å². The molecule has 1 N–H and O–H groups in total. The largest absolute Gasteiger partial charge is 0.388 e. The second kappa shape index (κ2) is 8.20. The van der Waals surface area contributed by atoms with E-state index in [2.05, 4.69) is 60.4 Å². The zero-order chi connectivity index (χ0) is 21.4. The van der Waals surface area contributed by atoms with E-state index in [0.717, 1.165) is 59.4 Å². The van der Waals surface area contributed by atoms with E-state index in [-0.39, 0.29) is 11.0 Å². The molecule has 0 aromatic heterocycles. The summed E-state index contributed by atoms with van der Waals surface area (Å²) in [5.41, 5.74) is 4.35. The molecule has 1 saturated heterocycles. The van der Waals surface area contributed by atoms with E-state index in [9.17, 15) is 0 Å². The fraction of sp³-hybridized carbons (Fsp3) is 0.417. The maximum Gasteiger partial charge on any atom is 0.173 e. The summed E-state index contributed by atoms with van der Waals surface area (Å²) in [4.78, 5) is 8.16. The van der Waals surface area contributed by atoms with E-state index >= 15 is 0 Å². The van der Waals surface area contributed by atoms with Crippen molar-refractivity contribution in [3.8, 4) is 0 Å². The van der Waals surface area contributed by atoms with E-state index in [1.54, 1.807) is 0 Å². The van der Waals surface area contributed by atoms with Crippen molar-refractivity contribution in [2.75, 3.05) is 18.4 Å². The van der Waals surface area contributed by atoms with Gasteiger partial charge in [0.05, 0.1) is 5.71 Å². The van der Waals surface area contributed by atoms with Crippen LogP contribution in [0.2, 0.25) is 5.02 Å². The molecule has 1 fully saturated rings. The zero-order valence-corrected chi connectivity index (χ0v) is 19.3. The Morgan fingerprint density at radius 1 is 1.07 bits per heavy atom. The fourth-order valence-electron chi connectivity index (χ4n) is 3.96. The first-order valence-corrected chi connectivity index (χ1v) is 11.2. The van der Waals surface area contributed by atoms with E-state index in [0.29, 0.717) is 0 Å². The maximum atomic E-state index is 6.00. The first-order chi connectivity index (χ1) is 14.2. The number of piperidine rings is 1. The molecule has 2 heterocycles. The van der Waals surface area contributed by atoms with E-state index in [4.69, 9.17) is 28.7 Å². The minimum atomic E-state index is -0.213. The Hall–Kier alpha value is -2.11. The molecule has 1 spiro atoms. The number of likely N-dealkylation sites (tertiary alicyclic amines) is 1. The third kappa shape index (κ3) is 4.62. The van der Waals surface area contributed by atoms with Crippen molar-refractivity contribution >= 4 is 40.3 Å². The Morgan fingerprint density at radius 2 is 1.70 bits per heavy atom. The molecule has 0 saturated carbocycles. The molecular formula is C24H28ClN3OS. The van der Waals surface area contributed by atoms with Crippen molar-refractivity contribution in [2.45, 2.75) is 51.0 Å². The van der Waals surface area contributed by atoms with E-state index in [1.165, 1.54) is 5.56 Å². The Kier molecular flexibility index (Phi) is 5.78. The van der Waals surface area contributed by atoms with Crippen LogP contribution in [0.1, 0.15) is 51.2 Å². The van der Waals surface area contributed by atoms with Crippen molar-refractivity contribution in [1.29, 1.82) is 0 Å². The Labute approximate surface area is 189 Å². The molecule has 6 heteroatoms. The summed E-state index contributed by atoms with van der Waals surface area (Å²) in [6.45, 7) is 8.37. The van der Waals surface area contributed by atoms with Gasteiger partial charge in [-0.25, -0.2) is 0 Å². The predicted octanol–water partition coefficient (Wildman–Crippen LogP) is 5.99. The van der Waals surface area contributed by atoms with Crippen LogP contribution >= 0.6 is 23.8 Å². The summed E-state index contributed by atoms with van der Waals surface area (Å²) < 4.78 is 0. The lowest BCUT2D eigenvalue weighted by molar-refractivity contribution is -0.0521. The molecule has 0 atom stereocenters. The SMILES string of the molecule is CC(C)(C)c1ccc(NC(=S)N2CCC3(CC2)CC(c2ccc(Cl)cc2)=NO3)cc1. The van der Waals surface area contributed by atoms with Crippen LogP contribution in [0, 0.1) is 0 Å². The van der Waals surface area contributed by atoms with Gasteiger partial charge >= 0.3 is 0 Å². The third-order valence-electron chi connectivity index (χ3n) is 5.98. The molecule has 2 aliphatic heterocycles. The smallest absolute Gasteiger partial charge is 0.173 e. The molecule has 0 radical (unpaired) electrons. The number of rotatable bonds is 2. The lowest BCUT2D eigenvalue weighted by Gasteiger charge is -2.38. The Balaban J connectivity index is 1.31. The van der Waals surface area contributed by atoms with Gasteiger partial charge in [0.2, 0.25) is 0 Å². The highest BCUT2D eigenvalue weighted by Crippen LogP contribution is 2.36. The highest BCUT2D eigenvalue weighted by Gasteiger charge is 2.42. The van der Waals surface area contributed by atoms with Crippen molar-refractivity contribution in [3.05, 3.63) is 64.7 Å². The molecule has 4 nitrogen and oxygen atoms in total. The highest BCUT2D eigenvalue weighted by molar-refractivity contribution is 7.80. The molecule has 2 aliphatic rings. The zero-order valence-electron chi connectivity index (χ0n) is 17.7. The summed E-state index contributed by atoms with van der Waals surface area (Å²) in [5, 5.41) is 9.27. The summed E-state index contributed by atoms with van der Waals surface area (Å²) in [5.74, 6) is 0. The normalized spacial score (nSPS) is 18.1. The molecule has 0 unspecified atom stereocenters. The van der Waals surface area contributed by atoms with Crippen LogP contribution in [-0.2, 0) is 10.3 Å². The number of thiocarbonyl (C=S) groups is 1. The lowest BCUT2D eigenvalue weighted by atomic mass is 9.85. The van der Waals surface area contributed by atoms with E-state index < -0.39 is 0 Å². The van der Waals surface area contributed by atoms with Gasteiger partial charge in [-0.15, -0.1) is 0 Å². The number of nitrogens with one attached hydrogen (secondary N) is 1. The van der Waals surface area contributed by atoms with Crippen molar-refractivity contribution in [3.63, 3.8) is 0 Å². The Morgan fingerprint density at radius 3 is 2.30 bits per heavy atom. The molecule has 0 aliphatic carbocycles. The number of hydrogen-bond acceptors (Lipinski definition) is 3. The summed E-state index contributed by atoms with van der Waals surface area (Å²) in [6, 6.07) is 16.3. The molecule has 30 heavy (non-hydrogen) atoms. The monoisotopic (exact) mass is 441 g/mol. The number of anilines is 1.